The van der Waals surface area contributed by atoms with Gasteiger partial charge in [0.05, 0.1) is 5.92 Å². The van der Waals surface area contributed by atoms with Gasteiger partial charge < -0.3 is 10.0 Å². The van der Waals surface area contributed by atoms with Gasteiger partial charge in [-0.3, -0.25) is 14.9 Å². The van der Waals surface area contributed by atoms with E-state index in [0.29, 0.717) is 27.6 Å². The highest BCUT2D eigenvalue weighted by molar-refractivity contribution is 6.31. The molecule has 3 rings (SSSR count). The number of carbonyl (C=O) groups is 1. The van der Waals surface area contributed by atoms with Crippen molar-refractivity contribution in [2.45, 2.75) is 31.2 Å². The lowest BCUT2D eigenvalue weighted by Crippen LogP contribution is -2.57. The Morgan fingerprint density at radius 2 is 1.78 bits per heavy atom. The van der Waals surface area contributed by atoms with Gasteiger partial charge in [0.1, 0.15) is 12.3 Å². The number of piperidine rings is 1. The summed E-state index contributed by atoms with van der Waals surface area (Å²) < 4.78 is 0. The minimum absolute atomic E-state index is 0.391. The quantitative estimate of drug-likeness (QED) is 0.472. The zero-order valence-corrected chi connectivity index (χ0v) is 15.9. The van der Waals surface area contributed by atoms with Gasteiger partial charge in [0, 0.05) is 20.9 Å². The number of hydrogen-bond donors (Lipinski definition) is 1. The fourth-order valence-electron chi connectivity index (χ4n) is 3.92. The number of rotatable bonds is 4. The Morgan fingerprint density at radius 3 is 2.33 bits per heavy atom. The normalized spacial score (nSPS) is 28.0. The molecule has 142 valence electrons. The molecule has 2 aromatic carbocycles. The Balaban J connectivity index is 2.19. The molecule has 0 radical (unpaired) electrons. The Labute approximate surface area is 166 Å². The minimum atomic E-state index is -1.19. The van der Waals surface area contributed by atoms with Gasteiger partial charge in [-0.05, 0) is 29.3 Å². The van der Waals surface area contributed by atoms with E-state index in [1.165, 1.54) is 0 Å². The molecule has 6 nitrogen and oxygen atoms in total. The van der Waals surface area contributed by atoms with Crippen molar-refractivity contribution in [2.75, 3.05) is 0 Å². The van der Waals surface area contributed by atoms with Crippen LogP contribution in [0.2, 0.25) is 10.0 Å². The summed E-state index contributed by atoms with van der Waals surface area (Å²) in [6.45, 7) is 1.68. The van der Waals surface area contributed by atoms with Gasteiger partial charge in [0.25, 0.3) is 0 Å². The van der Waals surface area contributed by atoms with Gasteiger partial charge in [0.2, 0.25) is 12.5 Å². The number of hydrogen-bond acceptors (Lipinski definition) is 4. The first kappa shape index (κ1) is 19.6. The highest BCUT2D eigenvalue weighted by Crippen LogP contribution is 2.47. The maximum Gasteiger partial charge on any atom is 0.244 e. The van der Waals surface area contributed by atoms with Crippen LogP contribution in [0.5, 0.6) is 0 Å². The fourth-order valence-corrected chi connectivity index (χ4v) is 4.31. The summed E-state index contributed by atoms with van der Waals surface area (Å²) in [6, 6.07) is 11.2. The smallest absolute Gasteiger partial charge is 0.244 e. The summed E-state index contributed by atoms with van der Waals surface area (Å²) in [5, 5.41) is 23.7. The lowest BCUT2D eigenvalue weighted by molar-refractivity contribution is -0.543. The second-order valence-corrected chi connectivity index (χ2v) is 7.49. The average Bonchev–Trinajstić information content (AvgIpc) is 2.64. The van der Waals surface area contributed by atoms with E-state index in [0.717, 1.165) is 4.90 Å². The van der Waals surface area contributed by atoms with Gasteiger partial charge in [-0.1, -0.05) is 60.5 Å². The molecule has 0 aliphatic carbocycles. The van der Waals surface area contributed by atoms with Crippen LogP contribution in [0.25, 0.3) is 0 Å². The summed E-state index contributed by atoms with van der Waals surface area (Å²) >= 11 is 12.3. The molecule has 0 bridgehead atoms. The van der Waals surface area contributed by atoms with Crippen LogP contribution in [0.4, 0.5) is 0 Å². The van der Waals surface area contributed by atoms with Crippen LogP contribution in [0, 0.1) is 16.0 Å². The molecular formula is C19H18Cl2N2O4. The predicted octanol–water partition coefficient (Wildman–Crippen LogP) is 3.89. The molecule has 1 saturated heterocycles. The molecule has 2 aromatic rings. The van der Waals surface area contributed by atoms with Crippen molar-refractivity contribution in [3.63, 3.8) is 0 Å². The van der Waals surface area contributed by atoms with Gasteiger partial charge in [0.15, 0.2) is 0 Å². The molecule has 27 heavy (non-hydrogen) atoms. The summed E-state index contributed by atoms with van der Waals surface area (Å²) in [6.07, 6.45) is -0.736. The molecule has 1 fully saturated rings. The predicted molar refractivity (Wildman–Crippen MR) is 102 cm³/mol. The van der Waals surface area contributed by atoms with Crippen molar-refractivity contribution in [2.24, 2.45) is 5.92 Å². The Bertz CT molecular complexity index is 846. The Hall–Kier alpha value is -2.15. The Kier molecular flexibility index (Phi) is 5.69. The molecule has 0 unspecified atom stereocenters. The SMILES string of the molecule is C[C@@H]1[C@@H](c2ccccc2Cl)[C@H]([N+](=O)[O-])[C@@H](c2ccc(Cl)cc2)N(C=O)[C@H]1O. The molecular weight excluding hydrogens is 391 g/mol. The largest absolute Gasteiger partial charge is 0.373 e. The first-order valence-electron chi connectivity index (χ1n) is 8.41. The highest BCUT2D eigenvalue weighted by atomic mass is 35.5. The monoisotopic (exact) mass is 408 g/mol. The van der Waals surface area contributed by atoms with E-state index in [9.17, 15) is 20.0 Å². The molecule has 0 spiro atoms. The van der Waals surface area contributed by atoms with Crippen LogP contribution in [-0.2, 0) is 4.79 Å². The maximum absolute atomic E-state index is 12.1. The van der Waals surface area contributed by atoms with E-state index >= 15 is 0 Å². The summed E-state index contributed by atoms with van der Waals surface area (Å²) in [4.78, 5) is 24.6. The van der Waals surface area contributed by atoms with Gasteiger partial charge in [-0.15, -0.1) is 0 Å². The van der Waals surface area contributed by atoms with Crippen LogP contribution >= 0.6 is 23.2 Å². The number of carbonyl (C=O) groups excluding carboxylic acids is 1. The highest BCUT2D eigenvalue weighted by Gasteiger charge is 2.54. The average molecular weight is 409 g/mol. The third-order valence-electron chi connectivity index (χ3n) is 5.20. The van der Waals surface area contributed by atoms with Crippen molar-refractivity contribution in [3.05, 3.63) is 79.8 Å². The molecule has 1 aliphatic heterocycles. The van der Waals surface area contributed by atoms with Crippen molar-refractivity contribution >= 4 is 29.6 Å². The fraction of sp³-hybridized carbons (Fsp3) is 0.316. The lowest BCUT2D eigenvalue weighted by atomic mass is 9.72. The number of benzene rings is 2. The molecule has 8 heteroatoms. The maximum atomic E-state index is 12.1. The standard InChI is InChI=1S/C19H18Cl2N2O4/c1-11-16(14-4-2-3-5-15(14)21)18(23(26)27)17(22(10-24)19(11)25)12-6-8-13(20)9-7-12/h2-11,16-19,25H,1H3/t11-,16+,17-,18+,19+/m1/s1. The van der Waals surface area contributed by atoms with Gasteiger partial charge in [-0.2, -0.15) is 0 Å². The number of aliphatic hydroxyl groups is 1. The van der Waals surface area contributed by atoms with Crippen molar-refractivity contribution in [3.8, 4) is 0 Å². The Morgan fingerprint density at radius 1 is 1.15 bits per heavy atom. The van der Waals surface area contributed by atoms with E-state index in [1.54, 1.807) is 55.5 Å². The zero-order chi connectivity index (χ0) is 19.7. The van der Waals surface area contributed by atoms with Crippen molar-refractivity contribution in [1.82, 2.24) is 4.90 Å². The van der Waals surface area contributed by atoms with Crippen LogP contribution in [0.1, 0.15) is 30.0 Å². The second kappa shape index (κ2) is 7.84. The summed E-state index contributed by atoms with van der Waals surface area (Å²) in [5.41, 5.74) is 1.10. The van der Waals surface area contributed by atoms with E-state index < -0.39 is 35.1 Å². The van der Waals surface area contributed by atoms with Crippen molar-refractivity contribution < 1.29 is 14.8 Å². The number of amides is 1. The number of nitrogens with zero attached hydrogens (tertiary/aromatic N) is 2. The topological polar surface area (TPSA) is 83.7 Å². The van der Waals surface area contributed by atoms with E-state index in [2.05, 4.69) is 0 Å². The van der Waals surface area contributed by atoms with E-state index in [4.69, 9.17) is 23.2 Å². The van der Waals surface area contributed by atoms with Crippen molar-refractivity contribution in [1.29, 1.82) is 0 Å². The van der Waals surface area contributed by atoms with Gasteiger partial charge in [-0.25, -0.2) is 0 Å². The first-order valence-corrected chi connectivity index (χ1v) is 9.16. The third kappa shape index (κ3) is 3.52. The molecule has 1 heterocycles. The lowest BCUT2D eigenvalue weighted by Gasteiger charge is -2.46. The second-order valence-electron chi connectivity index (χ2n) is 6.64. The van der Waals surface area contributed by atoms with E-state index in [-0.39, 0.29) is 0 Å². The number of likely N-dealkylation sites (tertiary alicyclic amines) is 1. The van der Waals surface area contributed by atoms with Crippen LogP contribution in [0.15, 0.2) is 48.5 Å². The van der Waals surface area contributed by atoms with Gasteiger partial charge >= 0.3 is 0 Å². The molecule has 0 aromatic heterocycles. The summed E-state index contributed by atoms with van der Waals surface area (Å²) in [5.74, 6) is -1.27. The number of nitro groups is 1. The third-order valence-corrected chi connectivity index (χ3v) is 5.79. The zero-order valence-electron chi connectivity index (χ0n) is 14.4. The molecule has 1 N–H and O–H groups in total. The van der Waals surface area contributed by atoms with E-state index in [1.807, 2.05) is 0 Å². The number of aliphatic hydroxyl groups excluding tert-OH is 1. The molecule has 1 aliphatic rings. The minimum Gasteiger partial charge on any atom is -0.373 e. The van der Waals surface area contributed by atoms with Crippen LogP contribution in [0.3, 0.4) is 0 Å². The molecule has 1 amide bonds. The molecule has 0 saturated carbocycles. The van der Waals surface area contributed by atoms with Crippen LogP contribution < -0.4 is 0 Å². The first-order chi connectivity index (χ1) is 12.9. The molecule has 5 atom stereocenters. The van der Waals surface area contributed by atoms with Crippen LogP contribution in [-0.4, -0.2) is 33.6 Å². The summed E-state index contributed by atoms with van der Waals surface area (Å²) in [7, 11) is 0. The number of halogens is 2.